The Balaban J connectivity index is 5.27. The Morgan fingerprint density at radius 2 is 0.742 bits per heavy atom. The van der Waals surface area contributed by atoms with Crippen LogP contribution in [0.15, 0.2) is 0 Å². The van der Waals surface area contributed by atoms with E-state index in [9.17, 15) is 27.4 Å². The maximum Gasteiger partial charge on any atom is 0.275 e. The lowest BCUT2D eigenvalue weighted by Crippen LogP contribution is -2.26. The van der Waals surface area contributed by atoms with Crippen LogP contribution in [0.4, 0.5) is 0 Å². The van der Waals surface area contributed by atoms with Gasteiger partial charge in [-0.05, 0) is 26.2 Å². The molecule has 0 radical (unpaired) electrons. The number of aliphatic hydroxyl groups is 2. The quantitative estimate of drug-likeness (QED) is 0.0325. The average molecular weight is 1120 g/mol. The van der Waals surface area contributed by atoms with E-state index in [1.165, 1.54) is 28.4 Å². The van der Waals surface area contributed by atoms with Crippen LogP contribution in [0.1, 0.15) is 26.2 Å². The highest BCUT2D eigenvalue weighted by molar-refractivity contribution is 8.12. The Bertz CT molecular complexity index is 1140. The molecule has 0 aromatic heterocycles. The summed E-state index contributed by atoms with van der Waals surface area (Å²) in [5, 5.41) is 17.9. The molecular formula is C25H52O25P12. The molecular weight excluding hydrogens is 1070 g/mol. The molecule has 0 spiro atoms. The molecule has 362 valence electrons. The Hall–Kier alpha value is 2.42. The van der Waals surface area contributed by atoms with Crippen LogP contribution in [0.2, 0.25) is 0 Å². The van der Waals surface area contributed by atoms with Crippen molar-refractivity contribution in [2.24, 2.45) is 0 Å². The third-order valence-corrected chi connectivity index (χ3v) is 18.8. The molecule has 0 amide bonds. The minimum absolute atomic E-state index is 0.0257. The lowest BCUT2D eigenvalue weighted by Gasteiger charge is -2.23. The molecule has 37 heteroatoms. The van der Waals surface area contributed by atoms with Gasteiger partial charge in [0.05, 0.1) is 64.1 Å². The first-order valence-electron chi connectivity index (χ1n) is 17.4. The number of aliphatic hydroxyl groups excluding tert-OH is 2. The second-order valence-electron chi connectivity index (χ2n) is 10.7. The van der Waals surface area contributed by atoms with Crippen molar-refractivity contribution in [3.05, 3.63) is 0 Å². The van der Waals surface area contributed by atoms with E-state index in [0.717, 1.165) is 0 Å². The van der Waals surface area contributed by atoms with Crippen molar-refractivity contribution in [3.8, 4) is 0 Å². The van der Waals surface area contributed by atoms with Gasteiger partial charge in [-0.1, -0.05) is 0 Å². The maximum absolute atomic E-state index is 11.6. The second kappa shape index (κ2) is 45.8. The Labute approximate surface area is 376 Å². The Kier molecular flexibility index (Phi) is 47.6. The summed E-state index contributed by atoms with van der Waals surface area (Å²) >= 11 is 0. The molecule has 25 nitrogen and oxygen atoms in total. The fourth-order valence-electron chi connectivity index (χ4n) is 3.83. The minimum Gasteiger partial charge on any atom is -0.379 e. The van der Waals surface area contributed by atoms with E-state index >= 15 is 0 Å². The lowest BCUT2D eigenvalue weighted by molar-refractivity contribution is -0.0971. The first-order valence-corrected chi connectivity index (χ1v) is 33.6. The molecule has 62 heavy (non-hydrogen) atoms. The summed E-state index contributed by atoms with van der Waals surface area (Å²) in [4.78, 5) is 0. The highest BCUT2D eigenvalue weighted by Crippen LogP contribution is 2.55. The molecule has 0 saturated carbocycles. The van der Waals surface area contributed by atoms with Crippen LogP contribution in [0.3, 0.4) is 0 Å². The van der Waals surface area contributed by atoms with Gasteiger partial charge in [-0.25, -0.2) is 0 Å². The summed E-state index contributed by atoms with van der Waals surface area (Å²) in [6, 6.07) is 0. The molecule has 0 bridgehead atoms. The Morgan fingerprint density at radius 3 is 1.13 bits per heavy atom. The van der Waals surface area contributed by atoms with Crippen molar-refractivity contribution in [2.45, 2.75) is 56.7 Å². The number of hydrogen-bond acceptors (Lipinski definition) is 25. The second-order valence-corrected chi connectivity index (χ2v) is 26.7. The van der Waals surface area contributed by atoms with Gasteiger partial charge in [0.15, 0.2) is 13.6 Å². The van der Waals surface area contributed by atoms with Crippen LogP contribution in [0.5, 0.6) is 0 Å². The standard InChI is InChI=1S/C25H52O25P12/c1-21(46-57(34-2)51-28)12-38-9-6-22(47-58(35-3)52-29)13-39-10-7-23(48-59(36-4)53-30)14-40-11-8-24(49-60(37-5)54-31)15-41-20-42-16-25(50-62(56-33)45-19-27)17-43-61(55-32)44-18-26/h21-27H,6-20H2,1-5H3. The summed E-state index contributed by atoms with van der Waals surface area (Å²) in [5.41, 5.74) is 0. The first-order chi connectivity index (χ1) is 30.1. The summed E-state index contributed by atoms with van der Waals surface area (Å²) in [6.07, 6.45) is -2.34. The fraction of sp³-hybridized carbons (Fsp3) is 1.00. The van der Waals surface area contributed by atoms with Crippen molar-refractivity contribution in [2.75, 3.05) is 108 Å². The molecule has 0 aliphatic rings. The molecule has 0 fully saturated rings. The van der Waals surface area contributed by atoms with Crippen molar-refractivity contribution in [1.82, 2.24) is 0 Å². The van der Waals surface area contributed by atoms with Crippen LogP contribution in [0, 0.1) is 0 Å². The van der Waals surface area contributed by atoms with Gasteiger partial charge in [0.1, 0.15) is 12.9 Å². The van der Waals surface area contributed by atoms with Gasteiger partial charge >= 0.3 is 0 Å². The maximum atomic E-state index is 11.6. The summed E-state index contributed by atoms with van der Waals surface area (Å²) in [6.45, 7) is 0.192. The highest BCUT2D eigenvalue weighted by atomic mass is 32.1. The van der Waals surface area contributed by atoms with E-state index in [0.29, 0.717) is 6.42 Å². The van der Waals surface area contributed by atoms with Crippen LogP contribution in [0.25, 0.3) is 0 Å². The molecule has 11 unspecified atom stereocenters. The highest BCUT2D eigenvalue weighted by Gasteiger charge is 2.25. The van der Waals surface area contributed by atoms with E-state index in [2.05, 4.69) is 0 Å². The average Bonchev–Trinajstić information content (AvgIpc) is 3.29. The van der Waals surface area contributed by atoms with Crippen LogP contribution in [-0.2, 0) is 105 Å². The number of hydrogen-bond donors (Lipinski definition) is 2. The predicted octanol–water partition coefficient (Wildman–Crippen LogP) is 9.79. The third kappa shape index (κ3) is 34.7. The van der Waals surface area contributed by atoms with E-state index in [1.54, 1.807) is 6.92 Å². The molecule has 0 rings (SSSR count). The fourth-order valence-corrected chi connectivity index (χ4v) is 11.8. The molecule has 0 aliphatic carbocycles. The topological polar surface area (TPSA) is 300 Å². The van der Waals surface area contributed by atoms with Gasteiger partial charge in [-0.2, -0.15) is 0 Å². The third-order valence-electron chi connectivity index (χ3n) is 6.45. The zero-order chi connectivity index (χ0) is 46.2. The zero-order valence-corrected chi connectivity index (χ0v) is 44.9. The van der Waals surface area contributed by atoms with Crippen molar-refractivity contribution < 1.29 is 116 Å². The van der Waals surface area contributed by atoms with Crippen molar-refractivity contribution in [3.63, 3.8) is 0 Å². The molecule has 0 aliphatic heterocycles. The van der Waals surface area contributed by atoms with Gasteiger partial charge < -0.3 is 79.1 Å². The summed E-state index contributed by atoms with van der Waals surface area (Å²) in [5.74, 6) is 0. The smallest absolute Gasteiger partial charge is 0.275 e. The van der Waals surface area contributed by atoms with Crippen molar-refractivity contribution >= 4 is 97.3 Å². The normalized spacial score (nSPS) is 17.9. The monoisotopic (exact) mass is 1120 g/mol. The van der Waals surface area contributed by atoms with Gasteiger partial charge in [0, 0.05) is 48.3 Å². The summed E-state index contributed by atoms with van der Waals surface area (Å²) < 4.78 is 161. The van der Waals surface area contributed by atoms with E-state index in [1.807, 2.05) is 0 Å². The van der Waals surface area contributed by atoms with Crippen LogP contribution < -0.4 is 0 Å². The first kappa shape index (κ1) is 64.4. The van der Waals surface area contributed by atoms with Gasteiger partial charge in [0.2, 0.25) is 48.9 Å². The van der Waals surface area contributed by atoms with Gasteiger partial charge in [0.25, 0.3) is 48.4 Å². The van der Waals surface area contributed by atoms with Gasteiger partial charge in [-0.15, -0.1) is 0 Å². The predicted molar refractivity (Wildman–Crippen MR) is 231 cm³/mol. The van der Waals surface area contributed by atoms with E-state index in [-0.39, 0.29) is 118 Å². The SMILES string of the molecule is COP(OC(C)COCCC(COCCC(COCCC(COCOCC(COP(OCO)P=O)OP(OCO)P=O)OP(OC)P=O)OP(OC)P=O)OP(OC)P=O)P=O. The Morgan fingerprint density at radius 1 is 0.403 bits per heavy atom. The minimum atomic E-state index is -2.08. The molecule has 0 saturated heterocycles. The molecule has 11 atom stereocenters. The van der Waals surface area contributed by atoms with E-state index in [4.69, 9.17) is 88.2 Å². The molecule has 0 aromatic carbocycles. The van der Waals surface area contributed by atoms with Crippen molar-refractivity contribution in [1.29, 1.82) is 0 Å². The van der Waals surface area contributed by atoms with Crippen LogP contribution in [-0.4, -0.2) is 149 Å². The number of rotatable bonds is 48. The largest absolute Gasteiger partial charge is 0.379 e. The molecule has 0 aromatic rings. The van der Waals surface area contributed by atoms with Crippen LogP contribution >= 0.6 is 97.3 Å². The molecule has 0 heterocycles. The summed E-state index contributed by atoms with van der Waals surface area (Å²) in [7, 11) is -7.85. The lowest BCUT2D eigenvalue weighted by atomic mass is 10.2. The van der Waals surface area contributed by atoms with E-state index < -0.39 is 103 Å². The zero-order valence-electron chi connectivity index (χ0n) is 34.1. The number of ether oxygens (including phenoxy) is 5. The molecule has 2 N–H and O–H groups in total. The van der Waals surface area contributed by atoms with Gasteiger partial charge in [-0.3, -0.25) is 36.4 Å².